The summed E-state index contributed by atoms with van der Waals surface area (Å²) in [5.74, 6) is 0. The third kappa shape index (κ3) is 8.60. The Labute approximate surface area is 245 Å². The van der Waals surface area contributed by atoms with Gasteiger partial charge in [0.05, 0.1) is 12.1 Å². The zero-order valence-electron chi connectivity index (χ0n) is 23.6. The molecule has 218 valence electrons. The monoisotopic (exact) mass is 574 g/mol. The number of nitrogens with zero attached hydrogens (tertiary/aromatic N) is 3. The van der Waals surface area contributed by atoms with Crippen LogP contribution in [0.3, 0.4) is 0 Å². The van der Waals surface area contributed by atoms with Crippen molar-refractivity contribution in [3.63, 3.8) is 0 Å². The predicted molar refractivity (Wildman–Crippen MR) is 167 cm³/mol. The van der Waals surface area contributed by atoms with Crippen LogP contribution in [0.4, 0.5) is 5.69 Å². The maximum absolute atomic E-state index is 13.0. The molecule has 1 saturated heterocycles. The molecule has 7 nitrogen and oxygen atoms in total. The molecular weight excluding hydrogens is 532 g/mol. The summed E-state index contributed by atoms with van der Waals surface area (Å²) >= 11 is 0. The van der Waals surface area contributed by atoms with Crippen molar-refractivity contribution in [1.29, 1.82) is 0 Å². The van der Waals surface area contributed by atoms with Gasteiger partial charge in [0.15, 0.2) is 0 Å². The summed E-state index contributed by atoms with van der Waals surface area (Å²) in [6, 6.07) is 26.7. The van der Waals surface area contributed by atoms with Crippen molar-refractivity contribution >= 4 is 26.6 Å². The van der Waals surface area contributed by atoms with E-state index in [4.69, 9.17) is 4.84 Å². The number of nitrogens with one attached hydrogen (secondary N) is 1. The Bertz CT molecular complexity index is 1470. The number of aromatic nitrogens is 1. The second-order valence-electron chi connectivity index (χ2n) is 10.7. The molecule has 1 N–H and O–H groups in total. The standard InChI is InChI=1S/C29H32N4O3S.C4H8.H2/c34-37(35,28-11-4-9-26-10-5-17-30-29(26)28)31-27-14-12-25(13-15-27)23-36-33-19-6-18-32(21-22-33)20-16-24-7-2-1-3-8-24;1-2-4-3-1;/h1-5,7-15,17,31H,6,16,18-23H2;1-4H2;1H. The van der Waals surface area contributed by atoms with Crippen molar-refractivity contribution in [1.82, 2.24) is 14.9 Å². The summed E-state index contributed by atoms with van der Waals surface area (Å²) in [6.07, 6.45) is 9.73. The molecule has 2 fully saturated rings. The number of pyridine rings is 1. The molecule has 1 saturated carbocycles. The minimum absolute atomic E-state index is 0. The van der Waals surface area contributed by atoms with Gasteiger partial charge in [-0.1, -0.05) is 86.3 Å². The molecule has 0 spiro atoms. The van der Waals surface area contributed by atoms with Crippen LogP contribution in [0.15, 0.2) is 96.0 Å². The number of benzene rings is 3. The largest absolute Gasteiger partial charge is 0.302 e. The third-order valence-electron chi connectivity index (χ3n) is 7.61. The Morgan fingerprint density at radius 3 is 2.27 bits per heavy atom. The molecular formula is C33H42N4O3S. The number of hydrogen-bond donors (Lipinski definition) is 1. The normalized spacial score (nSPS) is 16.3. The number of hydroxylamine groups is 2. The van der Waals surface area contributed by atoms with Gasteiger partial charge < -0.3 is 4.90 Å². The summed E-state index contributed by atoms with van der Waals surface area (Å²) in [7, 11) is -3.77. The number of anilines is 1. The number of sulfonamides is 1. The van der Waals surface area contributed by atoms with Crippen molar-refractivity contribution in [2.45, 2.75) is 50.0 Å². The summed E-state index contributed by atoms with van der Waals surface area (Å²) in [6.45, 7) is 5.34. The molecule has 1 aliphatic carbocycles. The average Bonchev–Trinajstić information content (AvgIpc) is 3.20. The van der Waals surface area contributed by atoms with E-state index in [1.54, 1.807) is 36.5 Å². The SMILES string of the molecule is C1CCC1.O=S(=O)(Nc1ccc(CON2CCCN(CCc3ccccc3)CC2)cc1)c1cccc2cccnc12.[HH]. The summed E-state index contributed by atoms with van der Waals surface area (Å²) < 4.78 is 28.7. The van der Waals surface area contributed by atoms with Gasteiger partial charge in [-0.25, -0.2) is 8.42 Å². The van der Waals surface area contributed by atoms with Crippen molar-refractivity contribution in [2.75, 3.05) is 37.4 Å². The van der Waals surface area contributed by atoms with E-state index in [0.29, 0.717) is 17.8 Å². The van der Waals surface area contributed by atoms with Crippen LogP contribution in [0.1, 0.15) is 44.7 Å². The van der Waals surface area contributed by atoms with Gasteiger partial charge >= 0.3 is 0 Å². The first kappa shape index (κ1) is 29.2. The van der Waals surface area contributed by atoms with Gasteiger partial charge in [0.1, 0.15) is 4.90 Å². The van der Waals surface area contributed by atoms with Crippen LogP contribution in [-0.4, -0.2) is 56.1 Å². The fourth-order valence-corrected chi connectivity index (χ4v) is 6.06. The van der Waals surface area contributed by atoms with Gasteiger partial charge in [0.25, 0.3) is 10.0 Å². The molecule has 0 radical (unpaired) electrons. The second kappa shape index (κ2) is 14.5. The van der Waals surface area contributed by atoms with Crippen LogP contribution in [0.25, 0.3) is 10.9 Å². The van der Waals surface area contributed by atoms with Gasteiger partial charge in [0.2, 0.25) is 0 Å². The Kier molecular flexibility index (Phi) is 10.4. The third-order valence-corrected chi connectivity index (χ3v) is 9.03. The molecule has 41 heavy (non-hydrogen) atoms. The first-order valence-electron chi connectivity index (χ1n) is 14.7. The van der Waals surface area contributed by atoms with Crippen LogP contribution >= 0.6 is 0 Å². The van der Waals surface area contributed by atoms with Gasteiger partial charge in [0, 0.05) is 44.9 Å². The molecule has 2 aliphatic rings. The molecule has 0 bridgehead atoms. The number of hydrogen-bond acceptors (Lipinski definition) is 6. The molecule has 6 rings (SSSR count). The smallest absolute Gasteiger partial charge is 0.264 e. The summed E-state index contributed by atoms with van der Waals surface area (Å²) in [5.41, 5.74) is 3.32. The fourth-order valence-electron chi connectivity index (χ4n) is 4.82. The highest BCUT2D eigenvalue weighted by Crippen LogP contribution is 2.23. The van der Waals surface area contributed by atoms with Crippen molar-refractivity contribution < 1.29 is 14.7 Å². The number of rotatable bonds is 9. The minimum atomic E-state index is -3.77. The van der Waals surface area contributed by atoms with E-state index in [9.17, 15) is 8.42 Å². The van der Waals surface area contributed by atoms with Crippen LogP contribution in [0.2, 0.25) is 0 Å². The fraction of sp³-hybridized carbons (Fsp3) is 0.364. The number of para-hydroxylation sites is 1. The van der Waals surface area contributed by atoms with E-state index in [1.165, 1.54) is 31.2 Å². The second-order valence-corrected chi connectivity index (χ2v) is 12.3. The highest BCUT2D eigenvalue weighted by Gasteiger charge is 2.19. The Morgan fingerprint density at radius 2 is 1.51 bits per heavy atom. The lowest BCUT2D eigenvalue weighted by Crippen LogP contribution is -2.32. The Hall–Kier alpha value is -3.30. The molecule has 1 aromatic heterocycles. The Balaban J connectivity index is 0.000000747. The maximum atomic E-state index is 13.0. The summed E-state index contributed by atoms with van der Waals surface area (Å²) in [4.78, 5) is 13.0. The molecule has 0 atom stereocenters. The molecule has 0 unspecified atom stereocenters. The van der Waals surface area contributed by atoms with Gasteiger partial charge in [-0.3, -0.25) is 14.5 Å². The van der Waals surface area contributed by atoms with Crippen molar-refractivity contribution in [2.24, 2.45) is 0 Å². The molecule has 0 amide bonds. The van der Waals surface area contributed by atoms with E-state index in [0.717, 1.165) is 56.5 Å². The lowest BCUT2D eigenvalue weighted by Gasteiger charge is -2.21. The first-order valence-corrected chi connectivity index (χ1v) is 16.1. The zero-order chi connectivity index (χ0) is 28.3. The summed E-state index contributed by atoms with van der Waals surface area (Å²) in [5, 5.41) is 2.83. The van der Waals surface area contributed by atoms with Crippen molar-refractivity contribution in [3.8, 4) is 0 Å². The van der Waals surface area contributed by atoms with Crippen LogP contribution < -0.4 is 4.72 Å². The molecule has 1 aliphatic heterocycles. The van der Waals surface area contributed by atoms with E-state index in [-0.39, 0.29) is 6.32 Å². The average molecular weight is 575 g/mol. The van der Waals surface area contributed by atoms with Crippen LogP contribution in [0.5, 0.6) is 0 Å². The van der Waals surface area contributed by atoms with Gasteiger partial charge in [-0.2, -0.15) is 5.06 Å². The quantitative estimate of drug-likeness (QED) is 0.245. The zero-order valence-corrected chi connectivity index (χ0v) is 24.4. The topological polar surface area (TPSA) is 74.8 Å². The maximum Gasteiger partial charge on any atom is 0.264 e. The molecule has 3 aromatic carbocycles. The first-order chi connectivity index (χ1) is 20.1. The predicted octanol–water partition coefficient (Wildman–Crippen LogP) is 6.52. The minimum Gasteiger partial charge on any atom is -0.302 e. The van der Waals surface area contributed by atoms with Gasteiger partial charge in [-0.15, -0.1) is 0 Å². The van der Waals surface area contributed by atoms with Gasteiger partial charge in [-0.05, 0) is 54.8 Å². The lowest BCUT2D eigenvalue weighted by molar-refractivity contribution is -0.166. The lowest BCUT2D eigenvalue weighted by atomic mass is 10.0. The van der Waals surface area contributed by atoms with E-state index >= 15 is 0 Å². The van der Waals surface area contributed by atoms with E-state index in [2.05, 4.69) is 44.9 Å². The molecule has 2 heterocycles. The highest BCUT2D eigenvalue weighted by molar-refractivity contribution is 7.93. The van der Waals surface area contributed by atoms with E-state index < -0.39 is 10.0 Å². The molecule has 4 aromatic rings. The van der Waals surface area contributed by atoms with E-state index in [1.807, 2.05) is 29.3 Å². The van der Waals surface area contributed by atoms with Crippen LogP contribution in [0, 0.1) is 0 Å². The molecule has 8 heteroatoms. The van der Waals surface area contributed by atoms with Crippen LogP contribution in [-0.2, 0) is 27.9 Å². The highest BCUT2D eigenvalue weighted by atomic mass is 32.2. The Morgan fingerprint density at radius 1 is 0.756 bits per heavy atom. The number of fused-ring (bicyclic) bond motifs is 1. The van der Waals surface area contributed by atoms with Crippen molar-refractivity contribution in [3.05, 3.63) is 102 Å².